The predicted octanol–water partition coefficient (Wildman–Crippen LogP) is 3.70. The van der Waals surface area contributed by atoms with E-state index in [1.54, 1.807) is 18.4 Å². The molecule has 8 heteroatoms. The van der Waals surface area contributed by atoms with Gasteiger partial charge in [-0.1, -0.05) is 32.0 Å². The minimum absolute atomic E-state index is 0.248. The Bertz CT molecular complexity index is 916. The average molecular weight is 441 g/mol. The number of rotatable bonds is 9. The van der Waals surface area contributed by atoms with Gasteiger partial charge >= 0.3 is 0 Å². The highest BCUT2D eigenvalue weighted by molar-refractivity contribution is 7.09. The molecule has 1 aliphatic rings. The van der Waals surface area contributed by atoms with Gasteiger partial charge in [0.2, 0.25) is 0 Å². The Hall–Kier alpha value is -2.29. The number of tetrazole rings is 1. The molecule has 0 bridgehead atoms. The van der Waals surface area contributed by atoms with E-state index in [1.165, 1.54) is 10.4 Å². The van der Waals surface area contributed by atoms with Gasteiger partial charge in [-0.25, -0.2) is 4.68 Å². The third-order valence-corrected chi connectivity index (χ3v) is 6.71. The SMILES string of the molecule is COc1ccc(CN2CCN(C(CC(C)C)c3nnnn3Cc3cccs3)CC2)cc1. The fraction of sp³-hybridized carbons (Fsp3) is 0.522. The molecule has 0 saturated carbocycles. The molecule has 7 nitrogen and oxygen atoms in total. The number of ether oxygens (including phenoxy) is 1. The molecule has 1 fully saturated rings. The van der Waals surface area contributed by atoms with Crippen molar-refractivity contribution in [2.75, 3.05) is 33.3 Å². The summed E-state index contributed by atoms with van der Waals surface area (Å²) in [5, 5.41) is 14.9. The molecule has 166 valence electrons. The molecule has 4 rings (SSSR count). The third kappa shape index (κ3) is 5.70. The van der Waals surface area contributed by atoms with Crippen LogP contribution >= 0.6 is 11.3 Å². The number of hydrogen-bond donors (Lipinski definition) is 0. The molecular weight excluding hydrogens is 408 g/mol. The zero-order valence-electron chi connectivity index (χ0n) is 18.6. The molecule has 31 heavy (non-hydrogen) atoms. The zero-order valence-corrected chi connectivity index (χ0v) is 19.5. The minimum atomic E-state index is 0.248. The lowest BCUT2D eigenvalue weighted by Gasteiger charge is -2.39. The van der Waals surface area contributed by atoms with Crippen molar-refractivity contribution in [3.8, 4) is 5.75 Å². The van der Waals surface area contributed by atoms with Gasteiger partial charge in [0.25, 0.3) is 0 Å². The number of benzene rings is 1. The summed E-state index contributed by atoms with van der Waals surface area (Å²) in [6.45, 7) is 10.4. The Kier molecular flexibility index (Phi) is 7.32. The van der Waals surface area contributed by atoms with Gasteiger partial charge < -0.3 is 4.74 Å². The largest absolute Gasteiger partial charge is 0.497 e. The number of nitrogens with zero attached hydrogens (tertiary/aromatic N) is 6. The molecule has 1 aliphatic heterocycles. The lowest BCUT2D eigenvalue weighted by Crippen LogP contribution is -2.47. The van der Waals surface area contributed by atoms with Crippen LogP contribution in [0.2, 0.25) is 0 Å². The first kappa shape index (κ1) is 21.9. The highest BCUT2D eigenvalue weighted by atomic mass is 32.1. The maximum Gasteiger partial charge on any atom is 0.168 e. The van der Waals surface area contributed by atoms with E-state index < -0.39 is 0 Å². The van der Waals surface area contributed by atoms with Crippen LogP contribution in [0.1, 0.15) is 42.6 Å². The van der Waals surface area contributed by atoms with Gasteiger partial charge in [-0.2, -0.15) is 0 Å². The summed E-state index contributed by atoms with van der Waals surface area (Å²) in [6.07, 6.45) is 1.06. The smallest absolute Gasteiger partial charge is 0.168 e. The van der Waals surface area contributed by atoms with E-state index in [2.05, 4.69) is 68.8 Å². The van der Waals surface area contributed by atoms with Crippen LogP contribution in [0, 0.1) is 5.92 Å². The monoisotopic (exact) mass is 440 g/mol. The number of aromatic nitrogens is 4. The highest BCUT2D eigenvalue weighted by Crippen LogP contribution is 2.28. The van der Waals surface area contributed by atoms with Crippen LogP contribution in [-0.4, -0.2) is 63.3 Å². The van der Waals surface area contributed by atoms with Gasteiger partial charge in [0, 0.05) is 37.6 Å². The zero-order chi connectivity index (χ0) is 21.6. The number of piperazine rings is 1. The van der Waals surface area contributed by atoms with Crippen molar-refractivity contribution < 1.29 is 4.74 Å². The van der Waals surface area contributed by atoms with Gasteiger partial charge in [0.15, 0.2) is 5.82 Å². The molecule has 3 heterocycles. The van der Waals surface area contributed by atoms with E-state index in [1.807, 2.05) is 16.8 Å². The molecular formula is C23H32N6OS. The Labute approximate surface area is 188 Å². The minimum Gasteiger partial charge on any atom is -0.497 e. The lowest BCUT2D eigenvalue weighted by atomic mass is 10.0. The van der Waals surface area contributed by atoms with E-state index in [4.69, 9.17) is 4.74 Å². The summed E-state index contributed by atoms with van der Waals surface area (Å²) < 4.78 is 7.26. The van der Waals surface area contributed by atoms with Crippen LogP contribution in [0.3, 0.4) is 0 Å². The van der Waals surface area contributed by atoms with Crippen molar-refractivity contribution in [2.45, 2.75) is 39.4 Å². The highest BCUT2D eigenvalue weighted by Gasteiger charge is 2.29. The first-order valence-corrected chi connectivity index (χ1v) is 11.9. The maximum absolute atomic E-state index is 5.27. The van der Waals surface area contributed by atoms with E-state index in [0.29, 0.717) is 5.92 Å². The van der Waals surface area contributed by atoms with Crippen molar-refractivity contribution in [3.05, 3.63) is 58.0 Å². The molecule has 1 aromatic carbocycles. The Balaban J connectivity index is 1.41. The molecule has 0 amide bonds. The summed E-state index contributed by atoms with van der Waals surface area (Å²) in [6, 6.07) is 12.9. The molecule has 0 spiro atoms. The summed E-state index contributed by atoms with van der Waals surface area (Å²) in [5.41, 5.74) is 1.33. The quantitative estimate of drug-likeness (QED) is 0.506. The van der Waals surface area contributed by atoms with E-state index in [-0.39, 0.29) is 6.04 Å². The second-order valence-electron chi connectivity index (χ2n) is 8.58. The van der Waals surface area contributed by atoms with Crippen molar-refractivity contribution in [2.24, 2.45) is 5.92 Å². The van der Waals surface area contributed by atoms with Crippen LogP contribution in [0.25, 0.3) is 0 Å². The summed E-state index contributed by atoms with van der Waals surface area (Å²) in [7, 11) is 1.71. The Morgan fingerprint density at radius 3 is 2.45 bits per heavy atom. The van der Waals surface area contributed by atoms with Gasteiger partial charge in [-0.15, -0.1) is 16.4 Å². The normalized spacial score (nSPS) is 16.6. The Morgan fingerprint density at radius 2 is 1.81 bits per heavy atom. The predicted molar refractivity (Wildman–Crippen MR) is 123 cm³/mol. The Morgan fingerprint density at radius 1 is 1.03 bits per heavy atom. The number of thiophene rings is 1. The molecule has 1 unspecified atom stereocenters. The van der Waals surface area contributed by atoms with Crippen LogP contribution < -0.4 is 4.74 Å². The van der Waals surface area contributed by atoms with Crippen LogP contribution in [-0.2, 0) is 13.1 Å². The molecule has 3 aromatic rings. The second kappa shape index (κ2) is 10.3. The number of methoxy groups -OCH3 is 1. The second-order valence-corrected chi connectivity index (χ2v) is 9.61. The van der Waals surface area contributed by atoms with Gasteiger partial charge in [-0.3, -0.25) is 9.80 Å². The summed E-state index contributed by atoms with van der Waals surface area (Å²) in [5.74, 6) is 2.48. The fourth-order valence-corrected chi connectivity index (χ4v) is 4.89. The average Bonchev–Trinajstić information content (AvgIpc) is 3.46. The number of hydrogen-bond acceptors (Lipinski definition) is 7. The molecule has 1 saturated heterocycles. The molecule has 0 aliphatic carbocycles. The van der Waals surface area contributed by atoms with Crippen LogP contribution in [0.15, 0.2) is 41.8 Å². The fourth-order valence-electron chi connectivity index (χ4n) is 4.20. The standard InChI is InChI=1S/C23H32N6OS/c1-18(2)15-22(23-24-25-26-29(23)17-21-5-4-14-31-21)28-12-10-27(11-13-28)16-19-6-8-20(30-3)9-7-19/h4-9,14,18,22H,10-13,15-17H2,1-3H3. The van der Waals surface area contributed by atoms with Gasteiger partial charge in [0.05, 0.1) is 19.7 Å². The lowest BCUT2D eigenvalue weighted by molar-refractivity contribution is 0.0770. The molecule has 0 N–H and O–H groups in total. The van der Waals surface area contributed by atoms with E-state index >= 15 is 0 Å². The third-order valence-electron chi connectivity index (χ3n) is 5.85. The van der Waals surface area contributed by atoms with Gasteiger partial charge in [-0.05, 0) is 51.9 Å². The van der Waals surface area contributed by atoms with E-state index in [0.717, 1.165) is 57.3 Å². The van der Waals surface area contributed by atoms with Crippen molar-refractivity contribution >= 4 is 11.3 Å². The summed E-state index contributed by atoms with van der Waals surface area (Å²) in [4.78, 5) is 6.38. The molecule has 2 aromatic heterocycles. The molecule has 1 atom stereocenters. The summed E-state index contributed by atoms with van der Waals surface area (Å²) >= 11 is 1.75. The molecule has 0 radical (unpaired) electrons. The topological polar surface area (TPSA) is 59.3 Å². The maximum atomic E-state index is 5.27. The van der Waals surface area contributed by atoms with Crippen LogP contribution in [0.5, 0.6) is 5.75 Å². The van der Waals surface area contributed by atoms with E-state index in [9.17, 15) is 0 Å². The van der Waals surface area contributed by atoms with Crippen molar-refractivity contribution in [3.63, 3.8) is 0 Å². The van der Waals surface area contributed by atoms with Crippen molar-refractivity contribution in [1.29, 1.82) is 0 Å². The van der Waals surface area contributed by atoms with Gasteiger partial charge in [0.1, 0.15) is 5.75 Å². The van der Waals surface area contributed by atoms with Crippen LogP contribution in [0.4, 0.5) is 0 Å². The first-order valence-electron chi connectivity index (χ1n) is 11.0. The first-order chi connectivity index (χ1) is 15.1. The van der Waals surface area contributed by atoms with Crippen molar-refractivity contribution in [1.82, 2.24) is 30.0 Å².